The van der Waals surface area contributed by atoms with Crippen LogP contribution in [0.3, 0.4) is 0 Å². The highest BCUT2D eigenvalue weighted by Gasteiger charge is 2.34. The first-order chi connectivity index (χ1) is 29.6. The van der Waals surface area contributed by atoms with Crippen molar-refractivity contribution in [2.24, 2.45) is 0 Å². The maximum absolute atomic E-state index is 9.86. The number of benzene rings is 8. The third-order valence-corrected chi connectivity index (χ3v) is 12.0. The van der Waals surface area contributed by atoms with E-state index in [0.29, 0.717) is 23.2 Å². The van der Waals surface area contributed by atoms with Crippen LogP contribution in [0.4, 0.5) is 0 Å². The Bertz CT molecular complexity index is 3370. The maximum atomic E-state index is 9.86. The lowest BCUT2D eigenvalue weighted by Gasteiger charge is -2.33. The standard InChI is InChI=1S/C54H36N6/c1-54(37-18-4-2-5-19-37,38-20-6-3-7-21-38)45-27-13-8-25-42(45)51-56-52(58-53(57-51)60-47-29-15-9-22-39(47)40-23-10-16-30-48(40)60)43-26-12-17-31-49(43)59-46-28-14-11-24-41(46)44-34-36(35-55)32-33-50(44)59/h2-34H,1H3. The minimum atomic E-state index is -0.554. The van der Waals surface area contributed by atoms with Gasteiger partial charge in [0.15, 0.2) is 11.6 Å². The summed E-state index contributed by atoms with van der Waals surface area (Å²) in [6, 6.07) is 71.7. The van der Waals surface area contributed by atoms with Crippen LogP contribution in [0.15, 0.2) is 200 Å². The first-order valence-electron chi connectivity index (χ1n) is 20.1. The van der Waals surface area contributed by atoms with E-state index < -0.39 is 5.41 Å². The Morgan fingerprint density at radius 1 is 0.433 bits per heavy atom. The molecule has 0 saturated heterocycles. The summed E-state index contributed by atoms with van der Waals surface area (Å²) in [5.41, 5.74) is 10.2. The Hall–Kier alpha value is -8.14. The zero-order valence-corrected chi connectivity index (χ0v) is 32.7. The van der Waals surface area contributed by atoms with Crippen LogP contribution in [0.1, 0.15) is 29.2 Å². The van der Waals surface area contributed by atoms with E-state index in [1.165, 1.54) is 0 Å². The zero-order chi connectivity index (χ0) is 40.2. The summed E-state index contributed by atoms with van der Waals surface area (Å²) in [4.78, 5) is 16.3. The first-order valence-corrected chi connectivity index (χ1v) is 20.1. The molecule has 0 unspecified atom stereocenters. The van der Waals surface area contributed by atoms with Crippen LogP contribution in [0.5, 0.6) is 0 Å². The molecule has 282 valence electrons. The zero-order valence-electron chi connectivity index (χ0n) is 32.7. The summed E-state index contributed by atoms with van der Waals surface area (Å²) >= 11 is 0. The fourth-order valence-corrected chi connectivity index (χ4v) is 9.14. The molecule has 0 atom stereocenters. The lowest BCUT2D eigenvalue weighted by Crippen LogP contribution is -2.26. The molecule has 0 fully saturated rings. The number of hydrogen-bond donors (Lipinski definition) is 0. The van der Waals surface area contributed by atoms with Crippen LogP contribution in [-0.4, -0.2) is 24.1 Å². The maximum Gasteiger partial charge on any atom is 0.238 e. The number of nitrogens with zero attached hydrogens (tertiary/aromatic N) is 6. The average molecular weight is 769 g/mol. The van der Waals surface area contributed by atoms with Crippen molar-refractivity contribution < 1.29 is 0 Å². The van der Waals surface area contributed by atoms with Crippen molar-refractivity contribution >= 4 is 43.6 Å². The number of nitriles is 1. The largest absolute Gasteiger partial charge is 0.309 e. The van der Waals surface area contributed by atoms with E-state index in [-0.39, 0.29) is 0 Å². The van der Waals surface area contributed by atoms with E-state index in [9.17, 15) is 5.26 Å². The van der Waals surface area contributed by atoms with Crippen molar-refractivity contribution in [3.8, 4) is 40.5 Å². The van der Waals surface area contributed by atoms with E-state index in [1.807, 2.05) is 30.3 Å². The molecule has 0 aliphatic heterocycles. The van der Waals surface area contributed by atoms with Crippen molar-refractivity contribution in [3.05, 3.63) is 222 Å². The molecule has 3 aromatic heterocycles. The highest BCUT2D eigenvalue weighted by molar-refractivity contribution is 6.10. The van der Waals surface area contributed by atoms with Crippen molar-refractivity contribution in [3.63, 3.8) is 0 Å². The van der Waals surface area contributed by atoms with E-state index in [1.54, 1.807) is 0 Å². The molecule has 0 spiro atoms. The Kier molecular flexibility index (Phi) is 8.21. The van der Waals surface area contributed by atoms with E-state index in [0.717, 1.165) is 77.1 Å². The smallest absolute Gasteiger partial charge is 0.238 e. The lowest BCUT2D eigenvalue weighted by atomic mass is 9.69. The molecule has 60 heavy (non-hydrogen) atoms. The topological polar surface area (TPSA) is 72.3 Å². The van der Waals surface area contributed by atoms with Gasteiger partial charge in [-0.15, -0.1) is 0 Å². The number of fused-ring (bicyclic) bond motifs is 6. The van der Waals surface area contributed by atoms with Gasteiger partial charge in [-0.25, -0.2) is 4.98 Å². The van der Waals surface area contributed by atoms with Crippen molar-refractivity contribution in [1.29, 1.82) is 5.26 Å². The van der Waals surface area contributed by atoms with Crippen molar-refractivity contribution in [2.45, 2.75) is 12.3 Å². The molecule has 0 aliphatic rings. The fourth-order valence-electron chi connectivity index (χ4n) is 9.14. The Balaban J connectivity index is 1.23. The third kappa shape index (κ3) is 5.44. The second-order valence-electron chi connectivity index (χ2n) is 15.3. The molecule has 0 saturated carbocycles. The van der Waals surface area contributed by atoms with E-state index in [4.69, 9.17) is 15.0 Å². The van der Waals surface area contributed by atoms with Gasteiger partial charge in [-0.1, -0.05) is 152 Å². The molecule has 11 aromatic rings. The predicted molar refractivity (Wildman–Crippen MR) is 243 cm³/mol. The van der Waals surface area contributed by atoms with Crippen LogP contribution < -0.4 is 0 Å². The summed E-state index contributed by atoms with van der Waals surface area (Å²) in [6.07, 6.45) is 0. The number of hydrogen-bond acceptors (Lipinski definition) is 4. The molecule has 3 heterocycles. The summed E-state index contributed by atoms with van der Waals surface area (Å²) in [5.74, 6) is 1.64. The van der Waals surface area contributed by atoms with Crippen LogP contribution in [0.25, 0.3) is 78.0 Å². The van der Waals surface area contributed by atoms with Crippen LogP contribution in [0, 0.1) is 11.3 Å². The van der Waals surface area contributed by atoms with Gasteiger partial charge in [-0.2, -0.15) is 15.2 Å². The normalized spacial score (nSPS) is 11.7. The van der Waals surface area contributed by atoms with E-state index in [2.05, 4.69) is 192 Å². The molecule has 8 aromatic carbocycles. The fraction of sp³-hybridized carbons (Fsp3) is 0.0370. The number of para-hydroxylation sites is 4. The Labute approximate surface area is 346 Å². The lowest BCUT2D eigenvalue weighted by molar-refractivity contribution is 0.693. The molecule has 6 heteroatoms. The molecular formula is C54H36N6. The predicted octanol–water partition coefficient (Wildman–Crippen LogP) is 12.6. The molecule has 0 aliphatic carbocycles. The monoisotopic (exact) mass is 768 g/mol. The number of aromatic nitrogens is 5. The third-order valence-electron chi connectivity index (χ3n) is 12.0. The molecule has 0 bridgehead atoms. The van der Waals surface area contributed by atoms with Gasteiger partial charge in [-0.3, -0.25) is 4.57 Å². The van der Waals surface area contributed by atoms with Gasteiger partial charge in [0.1, 0.15) is 0 Å². The summed E-state index contributed by atoms with van der Waals surface area (Å²) in [5, 5.41) is 14.2. The van der Waals surface area contributed by atoms with Crippen LogP contribution in [-0.2, 0) is 5.41 Å². The Morgan fingerprint density at radius 3 is 1.52 bits per heavy atom. The van der Waals surface area contributed by atoms with Crippen molar-refractivity contribution in [2.75, 3.05) is 0 Å². The molecule has 0 N–H and O–H groups in total. The summed E-state index contributed by atoms with van der Waals surface area (Å²) in [6.45, 7) is 2.29. The molecule has 6 nitrogen and oxygen atoms in total. The van der Waals surface area contributed by atoms with Gasteiger partial charge in [0.2, 0.25) is 5.95 Å². The Morgan fingerprint density at radius 2 is 0.900 bits per heavy atom. The van der Waals surface area contributed by atoms with Gasteiger partial charge in [0.25, 0.3) is 0 Å². The molecular weight excluding hydrogens is 733 g/mol. The summed E-state index contributed by atoms with van der Waals surface area (Å²) in [7, 11) is 0. The van der Waals surface area contributed by atoms with Crippen LogP contribution >= 0.6 is 0 Å². The average Bonchev–Trinajstić information content (AvgIpc) is 3.84. The van der Waals surface area contributed by atoms with Gasteiger partial charge in [-0.05, 0) is 72.1 Å². The quantitative estimate of drug-likeness (QED) is 0.151. The van der Waals surface area contributed by atoms with Gasteiger partial charge in [0, 0.05) is 38.1 Å². The second kappa shape index (κ2) is 14.1. The number of rotatable bonds is 7. The summed E-state index contributed by atoms with van der Waals surface area (Å²) < 4.78 is 4.43. The van der Waals surface area contributed by atoms with Crippen LogP contribution in [0.2, 0.25) is 0 Å². The molecule has 0 radical (unpaired) electrons. The first kappa shape index (κ1) is 35.1. The minimum Gasteiger partial charge on any atom is -0.309 e. The molecule has 11 rings (SSSR count). The van der Waals surface area contributed by atoms with Gasteiger partial charge >= 0.3 is 0 Å². The molecule has 0 amide bonds. The SMILES string of the molecule is CC(c1ccccc1)(c1ccccc1)c1ccccc1-c1nc(-c2ccccc2-n2c3ccccc3c3cc(C#N)ccc32)nc(-n2c3ccccc3c3ccccc32)n1. The van der Waals surface area contributed by atoms with E-state index >= 15 is 0 Å². The highest BCUT2D eigenvalue weighted by Crippen LogP contribution is 2.44. The van der Waals surface area contributed by atoms with Gasteiger partial charge < -0.3 is 4.57 Å². The second-order valence-corrected chi connectivity index (χ2v) is 15.3. The van der Waals surface area contributed by atoms with Crippen molar-refractivity contribution in [1.82, 2.24) is 24.1 Å². The highest BCUT2D eigenvalue weighted by atomic mass is 15.2. The van der Waals surface area contributed by atoms with Gasteiger partial charge in [0.05, 0.1) is 39.4 Å². The minimum absolute atomic E-state index is 0.527.